The van der Waals surface area contributed by atoms with Gasteiger partial charge in [-0.05, 0) is 61.6 Å². The second-order valence-corrected chi connectivity index (χ2v) is 9.25. The van der Waals surface area contributed by atoms with Crippen LogP contribution in [-0.4, -0.2) is 21.9 Å². The molecule has 4 nitrogen and oxygen atoms in total. The third-order valence-electron chi connectivity index (χ3n) is 5.70. The van der Waals surface area contributed by atoms with Crippen molar-refractivity contribution in [3.8, 4) is 11.3 Å². The zero-order valence-electron chi connectivity index (χ0n) is 17.1. The summed E-state index contributed by atoms with van der Waals surface area (Å²) in [6.07, 6.45) is 7.04. The Hall–Kier alpha value is -2.01. The van der Waals surface area contributed by atoms with Crippen LogP contribution in [0.5, 0.6) is 0 Å². The first-order valence-electron chi connectivity index (χ1n) is 10.6. The van der Waals surface area contributed by atoms with Gasteiger partial charge in [0.2, 0.25) is 0 Å². The summed E-state index contributed by atoms with van der Waals surface area (Å²) < 4.78 is 0. The number of H-pyrrole nitrogens is 1. The van der Waals surface area contributed by atoms with E-state index in [4.69, 9.17) is 34.8 Å². The van der Waals surface area contributed by atoms with Crippen molar-refractivity contribution in [1.82, 2.24) is 15.3 Å². The van der Waals surface area contributed by atoms with Gasteiger partial charge in [0.15, 0.2) is 5.82 Å². The molecule has 0 atom stereocenters. The normalized spacial score (nSPS) is 14.5. The molecule has 1 fully saturated rings. The summed E-state index contributed by atoms with van der Waals surface area (Å²) in [6.45, 7) is 0. The minimum atomic E-state index is -0.170. The first-order chi connectivity index (χ1) is 15.0. The number of benzene rings is 2. The van der Waals surface area contributed by atoms with Gasteiger partial charge in [0.25, 0.3) is 5.91 Å². The number of nitrogens with one attached hydrogen (secondary N) is 2. The molecule has 4 rings (SSSR count). The Labute approximate surface area is 197 Å². The van der Waals surface area contributed by atoms with Gasteiger partial charge in [-0.25, -0.2) is 4.98 Å². The number of nitrogens with zero attached hydrogens (tertiary/aromatic N) is 1. The summed E-state index contributed by atoms with van der Waals surface area (Å²) in [4.78, 5) is 20.8. The monoisotopic (exact) mass is 475 g/mol. The topological polar surface area (TPSA) is 57.8 Å². The molecule has 1 amide bonds. The van der Waals surface area contributed by atoms with E-state index in [0.29, 0.717) is 33.0 Å². The Bertz CT molecular complexity index is 1060. The van der Waals surface area contributed by atoms with Crippen LogP contribution < -0.4 is 5.32 Å². The molecule has 0 unspecified atom stereocenters. The third-order valence-corrected chi connectivity index (χ3v) is 6.50. The molecule has 3 aromatic rings. The van der Waals surface area contributed by atoms with Gasteiger partial charge in [-0.2, -0.15) is 0 Å². The molecule has 0 aliphatic heterocycles. The van der Waals surface area contributed by atoms with Crippen LogP contribution in [0, 0.1) is 0 Å². The molecular weight excluding hydrogens is 453 g/mol. The van der Waals surface area contributed by atoms with Crippen LogP contribution in [-0.2, 0) is 12.8 Å². The fourth-order valence-corrected chi connectivity index (χ4v) is 4.65. The van der Waals surface area contributed by atoms with Crippen molar-refractivity contribution in [2.24, 2.45) is 0 Å². The molecule has 0 bridgehead atoms. The van der Waals surface area contributed by atoms with Crippen molar-refractivity contribution in [3.63, 3.8) is 0 Å². The molecule has 2 N–H and O–H groups in total. The van der Waals surface area contributed by atoms with E-state index < -0.39 is 0 Å². The van der Waals surface area contributed by atoms with E-state index in [1.54, 1.807) is 12.1 Å². The number of amides is 1. The van der Waals surface area contributed by atoms with Crippen molar-refractivity contribution >= 4 is 40.7 Å². The van der Waals surface area contributed by atoms with Crippen LogP contribution in [0.2, 0.25) is 15.1 Å². The van der Waals surface area contributed by atoms with Gasteiger partial charge in [0.05, 0.1) is 10.7 Å². The number of aromatic nitrogens is 2. The van der Waals surface area contributed by atoms with Crippen LogP contribution in [0.4, 0.5) is 0 Å². The summed E-state index contributed by atoms with van der Waals surface area (Å²) in [5.74, 6) is 0.147. The van der Waals surface area contributed by atoms with E-state index in [1.807, 2.05) is 30.3 Å². The minimum Gasteiger partial charge on any atom is -0.347 e. The SMILES string of the molecule is O=C(NC1CCCCC1)c1nc(-c2ccc(Cl)cc2Cl)c(CCc2ccc(Cl)cc2)[nH]1. The standard InChI is InChI=1S/C24H24Cl3N3O/c25-16-9-6-15(7-10-16)8-13-21-22(19-12-11-17(26)14-20(19)27)30-23(29-21)24(31)28-18-4-2-1-3-5-18/h6-7,9-12,14,18H,1-5,8,13H2,(H,28,31)(H,29,30). The lowest BCUT2D eigenvalue weighted by Crippen LogP contribution is -2.36. The Morgan fingerprint density at radius 3 is 2.39 bits per heavy atom. The summed E-state index contributed by atoms with van der Waals surface area (Å²) in [7, 11) is 0. The van der Waals surface area contributed by atoms with Gasteiger partial charge in [-0.15, -0.1) is 0 Å². The number of halogens is 3. The number of rotatable bonds is 6. The molecule has 2 aromatic carbocycles. The predicted molar refractivity (Wildman–Crippen MR) is 127 cm³/mol. The quantitative estimate of drug-likeness (QED) is 0.407. The van der Waals surface area contributed by atoms with Crippen molar-refractivity contribution < 1.29 is 4.79 Å². The smallest absolute Gasteiger partial charge is 0.287 e. The summed E-state index contributed by atoms with van der Waals surface area (Å²) >= 11 is 18.5. The first kappa shape index (κ1) is 22.2. The molecule has 162 valence electrons. The highest BCUT2D eigenvalue weighted by atomic mass is 35.5. The maximum Gasteiger partial charge on any atom is 0.287 e. The number of carbonyl (C=O) groups is 1. The number of aryl methyl sites for hydroxylation is 2. The molecule has 1 saturated carbocycles. The highest BCUT2D eigenvalue weighted by molar-refractivity contribution is 6.36. The van der Waals surface area contributed by atoms with E-state index >= 15 is 0 Å². The summed E-state index contributed by atoms with van der Waals surface area (Å²) in [6, 6.07) is 13.3. The van der Waals surface area contributed by atoms with Gasteiger partial charge in [-0.3, -0.25) is 4.79 Å². The molecule has 0 radical (unpaired) electrons. The highest BCUT2D eigenvalue weighted by Crippen LogP contribution is 2.32. The first-order valence-corrected chi connectivity index (χ1v) is 11.7. The van der Waals surface area contributed by atoms with Gasteiger partial charge >= 0.3 is 0 Å². The van der Waals surface area contributed by atoms with Gasteiger partial charge in [-0.1, -0.05) is 66.2 Å². The predicted octanol–water partition coefficient (Wildman–Crippen LogP) is 6.88. The maximum atomic E-state index is 12.9. The summed E-state index contributed by atoms with van der Waals surface area (Å²) in [5.41, 5.74) is 3.46. The molecule has 7 heteroatoms. The van der Waals surface area contributed by atoms with E-state index in [9.17, 15) is 4.79 Å². The molecule has 1 aromatic heterocycles. The maximum absolute atomic E-state index is 12.9. The van der Waals surface area contributed by atoms with Crippen molar-refractivity contribution in [1.29, 1.82) is 0 Å². The van der Waals surface area contributed by atoms with Crippen LogP contribution in [0.1, 0.15) is 54.0 Å². The molecular formula is C24H24Cl3N3O. The lowest BCUT2D eigenvalue weighted by Gasteiger charge is -2.22. The van der Waals surface area contributed by atoms with Crippen LogP contribution in [0.3, 0.4) is 0 Å². The van der Waals surface area contributed by atoms with E-state index in [1.165, 1.54) is 6.42 Å². The third kappa shape index (κ3) is 5.62. The van der Waals surface area contributed by atoms with E-state index in [-0.39, 0.29) is 11.9 Å². The molecule has 1 heterocycles. The average Bonchev–Trinajstić information content (AvgIpc) is 3.18. The Balaban J connectivity index is 1.60. The molecule has 1 aliphatic carbocycles. The van der Waals surface area contributed by atoms with Crippen molar-refractivity contribution in [2.75, 3.05) is 0 Å². The minimum absolute atomic E-state index is 0.170. The lowest BCUT2D eigenvalue weighted by atomic mass is 9.95. The molecule has 0 spiro atoms. The van der Waals surface area contributed by atoms with Crippen LogP contribution in [0.25, 0.3) is 11.3 Å². The summed E-state index contributed by atoms with van der Waals surface area (Å²) in [5, 5.41) is 4.90. The Morgan fingerprint density at radius 1 is 0.968 bits per heavy atom. The zero-order chi connectivity index (χ0) is 21.8. The van der Waals surface area contributed by atoms with Crippen LogP contribution >= 0.6 is 34.8 Å². The average molecular weight is 477 g/mol. The number of carbonyl (C=O) groups excluding carboxylic acids is 1. The van der Waals surface area contributed by atoms with E-state index in [2.05, 4.69) is 15.3 Å². The number of hydrogen-bond donors (Lipinski definition) is 2. The molecule has 0 saturated heterocycles. The van der Waals surface area contributed by atoms with E-state index in [0.717, 1.165) is 48.9 Å². The number of hydrogen-bond acceptors (Lipinski definition) is 2. The fourth-order valence-electron chi connectivity index (χ4n) is 4.02. The van der Waals surface area contributed by atoms with Gasteiger partial charge in [0, 0.05) is 27.3 Å². The van der Waals surface area contributed by atoms with Gasteiger partial charge < -0.3 is 10.3 Å². The Kier molecular flexibility index (Phi) is 7.21. The fraction of sp³-hybridized carbons (Fsp3) is 0.333. The Morgan fingerprint density at radius 2 is 1.68 bits per heavy atom. The zero-order valence-corrected chi connectivity index (χ0v) is 19.3. The number of imidazole rings is 1. The second-order valence-electron chi connectivity index (χ2n) is 7.97. The molecule has 31 heavy (non-hydrogen) atoms. The highest BCUT2D eigenvalue weighted by Gasteiger charge is 2.22. The largest absolute Gasteiger partial charge is 0.347 e. The molecule has 1 aliphatic rings. The lowest BCUT2D eigenvalue weighted by molar-refractivity contribution is 0.0918. The van der Waals surface area contributed by atoms with Gasteiger partial charge in [0.1, 0.15) is 0 Å². The van der Waals surface area contributed by atoms with Crippen molar-refractivity contribution in [2.45, 2.75) is 51.0 Å². The second kappa shape index (κ2) is 10.1. The van der Waals surface area contributed by atoms with Crippen molar-refractivity contribution in [3.05, 3.63) is 74.6 Å². The number of aromatic amines is 1. The van der Waals surface area contributed by atoms with Crippen LogP contribution in [0.15, 0.2) is 42.5 Å².